The zero-order chi connectivity index (χ0) is 11.5. The topological polar surface area (TPSA) is 37.3 Å². The van der Waals surface area contributed by atoms with E-state index in [4.69, 9.17) is 5.11 Å². The van der Waals surface area contributed by atoms with Crippen LogP contribution in [0.1, 0.15) is 24.8 Å². The second-order valence-corrected chi connectivity index (χ2v) is 4.55. The highest BCUT2D eigenvalue weighted by molar-refractivity contribution is 5.70. The number of halogens is 1. The molecule has 0 saturated heterocycles. The van der Waals surface area contributed by atoms with Gasteiger partial charge in [0.25, 0.3) is 0 Å². The van der Waals surface area contributed by atoms with E-state index in [1.54, 1.807) is 12.1 Å². The van der Waals surface area contributed by atoms with Crippen LogP contribution >= 0.6 is 0 Å². The Morgan fingerprint density at radius 3 is 2.81 bits per heavy atom. The fraction of sp³-hybridized carbons (Fsp3) is 0.462. The Kier molecular flexibility index (Phi) is 3.22. The summed E-state index contributed by atoms with van der Waals surface area (Å²) in [6.45, 7) is 0. The third-order valence-corrected chi connectivity index (χ3v) is 3.04. The molecule has 1 N–H and O–H groups in total. The van der Waals surface area contributed by atoms with Gasteiger partial charge in [-0.15, -0.1) is 0 Å². The maximum Gasteiger partial charge on any atom is 0.306 e. The number of hydrogen-bond acceptors (Lipinski definition) is 1. The number of rotatable bonds is 5. The van der Waals surface area contributed by atoms with Crippen LogP contribution in [0, 0.1) is 17.7 Å². The second-order valence-electron chi connectivity index (χ2n) is 4.55. The predicted molar refractivity (Wildman–Crippen MR) is 58.6 cm³/mol. The Bertz CT molecular complexity index is 385. The van der Waals surface area contributed by atoms with Crippen LogP contribution in [0.25, 0.3) is 0 Å². The number of hydrogen-bond donors (Lipinski definition) is 1. The number of carboxylic acid groups (broad SMARTS) is 1. The van der Waals surface area contributed by atoms with Gasteiger partial charge in [0, 0.05) is 0 Å². The molecule has 1 aliphatic rings. The van der Waals surface area contributed by atoms with Crippen LogP contribution in [0.4, 0.5) is 4.39 Å². The predicted octanol–water partition coefficient (Wildman–Crippen LogP) is 2.87. The van der Waals surface area contributed by atoms with Crippen molar-refractivity contribution in [2.45, 2.75) is 25.7 Å². The van der Waals surface area contributed by atoms with Crippen LogP contribution in [-0.4, -0.2) is 11.1 Å². The molecule has 0 heterocycles. The van der Waals surface area contributed by atoms with Crippen LogP contribution in [0.5, 0.6) is 0 Å². The molecule has 2 rings (SSSR count). The number of benzene rings is 1. The molecule has 1 unspecified atom stereocenters. The van der Waals surface area contributed by atoms with E-state index < -0.39 is 5.97 Å². The Morgan fingerprint density at radius 1 is 1.50 bits per heavy atom. The van der Waals surface area contributed by atoms with Crippen LogP contribution in [0.3, 0.4) is 0 Å². The molecular weight excluding hydrogens is 207 g/mol. The summed E-state index contributed by atoms with van der Waals surface area (Å²) in [5.41, 5.74) is 0.771. The number of aliphatic carboxylic acids is 1. The van der Waals surface area contributed by atoms with Gasteiger partial charge in [0.2, 0.25) is 0 Å². The van der Waals surface area contributed by atoms with Gasteiger partial charge >= 0.3 is 5.97 Å². The van der Waals surface area contributed by atoms with Crippen LogP contribution in [0.2, 0.25) is 0 Å². The van der Waals surface area contributed by atoms with Gasteiger partial charge in [-0.25, -0.2) is 4.39 Å². The normalized spacial score (nSPS) is 17.1. The first-order chi connectivity index (χ1) is 7.65. The van der Waals surface area contributed by atoms with Crippen molar-refractivity contribution in [3.8, 4) is 0 Å². The van der Waals surface area contributed by atoms with E-state index in [9.17, 15) is 9.18 Å². The zero-order valence-corrected chi connectivity index (χ0v) is 9.03. The third kappa shape index (κ3) is 3.05. The first-order valence-electron chi connectivity index (χ1n) is 5.62. The van der Waals surface area contributed by atoms with Crippen molar-refractivity contribution in [1.82, 2.24) is 0 Å². The monoisotopic (exact) mass is 222 g/mol. The number of carboxylic acids is 1. The maximum absolute atomic E-state index is 12.9. The lowest BCUT2D eigenvalue weighted by Gasteiger charge is -2.11. The summed E-state index contributed by atoms with van der Waals surface area (Å²) < 4.78 is 12.9. The Morgan fingerprint density at radius 2 is 2.25 bits per heavy atom. The molecular formula is C13H15FO2. The largest absolute Gasteiger partial charge is 0.481 e. The molecule has 86 valence electrons. The van der Waals surface area contributed by atoms with Crippen LogP contribution < -0.4 is 0 Å². The molecule has 0 bridgehead atoms. The van der Waals surface area contributed by atoms with Gasteiger partial charge in [-0.3, -0.25) is 4.79 Å². The van der Waals surface area contributed by atoms with Gasteiger partial charge < -0.3 is 5.11 Å². The molecule has 1 fully saturated rings. The molecule has 1 aromatic carbocycles. The number of carbonyl (C=O) groups is 1. The first-order valence-corrected chi connectivity index (χ1v) is 5.62. The van der Waals surface area contributed by atoms with E-state index in [2.05, 4.69) is 0 Å². The molecule has 0 aromatic heterocycles. The molecule has 0 aliphatic heterocycles. The Labute approximate surface area is 94.1 Å². The average Bonchev–Trinajstić information content (AvgIpc) is 3.00. The lowest BCUT2D eigenvalue weighted by Crippen LogP contribution is -2.17. The van der Waals surface area contributed by atoms with Gasteiger partial charge in [-0.05, 0) is 36.5 Å². The lowest BCUT2D eigenvalue weighted by molar-refractivity contribution is -0.142. The smallest absolute Gasteiger partial charge is 0.306 e. The zero-order valence-electron chi connectivity index (χ0n) is 9.03. The molecule has 0 amide bonds. The summed E-state index contributed by atoms with van der Waals surface area (Å²) >= 11 is 0. The minimum atomic E-state index is -0.767. The summed E-state index contributed by atoms with van der Waals surface area (Å²) in [5.74, 6) is -0.854. The summed E-state index contributed by atoms with van der Waals surface area (Å²) in [7, 11) is 0. The van der Waals surface area contributed by atoms with Crippen molar-refractivity contribution in [1.29, 1.82) is 0 Å². The van der Waals surface area contributed by atoms with Gasteiger partial charge in [-0.2, -0.15) is 0 Å². The lowest BCUT2D eigenvalue weighted by atomic mass is 9.94. The summed E-state index contributed by atoms with van der Waals surface area (Å²) in [5, 5.41) is 9.09. The van der Waals surface area contributed by atoms with E-state index in [1.165, 1.54) is 12.1 Å². The third-order valence-electron chi connectivity index (χ3n) is 3.04. The molecule has 1 atom stereocenters. The molecule has 0 spiro atoms. The average molecular weight is 222 g/mol. The first kappa shape index (κ1) is 11.1. The van der Waals surface area contributed by atoms with E-state index in [1.807, 2.05) is 0 Å². The van der Waals surface area contributed by atoms with Crippen molar-refractivity contribution in [2.24, 2.45) is 11.8 Å². The van der Waals surface area contributed by atoms with Crippen LogP contribution in [0.15, 0.2) is 24.3 Å². The quantitative estimate of drug-likeness (QED) is 0.831. The van der Waals surface area contributed by atoms with Crippen molar-refractivity contribution >= 4 is 5.97 Å². The molecule has 3 heteroatoms. The van der Waals surface area contributed by atoms with Gasteiger partial charge in [0.1, 0.15) is 5.82 Å². The maximum atomic E-state index is 12.9. The van der Waals surface area contributed by atoms with E-state index >= 15 is 0 Å². The molecule has 0 radical (unpaired) electrons. The summed E-state index contributed by atoms with van der Waals surface area (Å²) in [6, 6.07) is 6.20. The van der Waals surface area contributed by atoms with E-state index in [0.29, 0.717) is 12.3 Å². The molecule has 1 aromatic rings. The summed E-state index contributed by atoms with van der Waals surface area (Å²) in [6.07, 6.45) is 3.45. The van der Waals surface area contributed by atoms with E-state index in [0.717, 1.165) is 24.8 Å². The highest BCUT2D eigenvalue weighted by Crippen LogP contribution is 2.36. The van der Waals surface area contributed by atoms with Crippen molar-refractivity contribution in [3.63, 3.8) is 0 Å². The van der Waals surface area contributed by atoms with Crippen molar-refractivity contribution in [2.75, 3.05) is 0 Å². The molecule has 2 nitrogen and oxygen atoms in total. The SMILES string of the molecule is O=C(O)C(Cc1cccc(F)c1)CC1CC1. The molecule has 1 aliphatic carbocycles. The van der Waals surface area contributed by atoms with E-state index in [-0.39, 0.29) is 11.7 Å². The van der Waals surface area contributed by atoms with Crippen molar-refractivity contribution in [3.05, 3.63) is 35.6 Å². The Hall–Kier alpha value is -1.38. The van der Waals surface area contributed by atoms with Crippen LogP contribution in [-0.2, 0) is 11.2 Å². The standard InChI is InChI=1S/C13H15FO2/c14-12-3-1-2-10(8-12)7-11(13(15)16)6-9-4-5-9/h1-3,8-9,11H,4-7H2,(H,15,16). The highest BCUT2D eigenvalue weighted by Gasteiger charge is 2.29. The minimum Gasteiger partial charge on any atom is -0.481 e. The second kappa shape index (κ2) is 4.64. The Balaban J connectivity index is 2.01. The fourth-order valence-electron chi connectivity index (χ4n) is 1.98. The van der Waals surface area contributed by atoms with Gasteiger partial charge in [-0.1, -0.05) is 25.0 Å². The van der Waals surface area contributed by atoms with Crippen molar-refractivity contribution < 1.29 is 14.3 Å². The van der Waals surface area contributed by atoms with Gasteiger partial charge in [0.15, 0.2) is 0 Å². The molecule has 16 heavy (non-hydrogen) atoms. The molecule has 1 saturated carbocycles. The fourth-order valence-corrected chi connectivity index (χ4v) is 1.98. The highest BCUT2D eigenvalue weighted by atomic mass is 19.1. The summed E-state index contributed by atoms with van der Waals surface area (Å²) in [4.78, 5) is 11.1. The van der Waals surface area contributed by atoms with Gasteiger partial charge in [0.05, 0.1) is 5.92 Å². The minimum absolute atomic E-state index is 0.298.